The first kappa shape index (κ1) is 11.8. The molecule has 1 heteroatoms. The van der Waals surface area contributed by atoms with Gasteiger partial charge in [-0.25, -0.2) is 0 Å². The topological polar surface area (TPSA) is 12.0 Å². The summed E-state index contributed by atoms with van der Waals surface area (Å²) in [7, 11) is 0. The van der Waals surface area contributed by atoms with E-state index < -0.39 is 0 Å². The van der Waals surface area contributed by atoms with Crippen molar-refractivity contribution < 1.29 is 0 Å². The number of rotatable bonds is 6. The van der Waals surface area contributed by atoms with E-state index in [1.54, 1.807) is 0 Å². The summed E-state index contributed by atoms with van der Waals surface area (Å²) < 4.78 is 0. The predicted octanol–water partition coefficient (Wildman–Crippen LogP) is 3.65. The van der Waals surface area contributed by atoms with Crippen LogP contribution in [0.4, 0.5) is 0 Å². The number of hydrogen-bond donors (Lipinski definition) is 1. The van der Waals surface area contributed by atoms with Crippen molar-refractivity contribution in [3.63, 3.8) is 0 Å². The highest BCUT2D eigenvalue weighted by molar-refractivity contribution is 4.98. The van der Waals surface area contributed by atoms with Crippen LogP contribution in [-0.4, -0.2) is 12.1 Å². The summed E-state index contributed by atoms with van der Waals surface area (Å²) in [6, 6.07) is 1.34. The first-order chi connectivity index (χ1) is 6.83. The molecule has 2 unspecified atom stereocenters. The lowest BCUT2D eigenvalue weighted by molar-refractivity contribution is 0.427. The van der Waals surface area contributed by atoms with Gasteiger partial charge in [0.15, 0.2) is 0 Å². The summed E-state index contributed by atoms with van der Waals surface area (Å²) in [6.07, 6.45) is 14.1. The quantitative estimate of drug-likeness (QED) is 0.504. The zero-order valence-electron chi connectivity index (χ0n) is 9.76. The van der Waals surface area contributed by atoms with Gasteiger partial charge in [-0.1, -0.05) is 38.3 Å². The third-order valence-electron chi connectivity index (χ3n) is 2.99. The highest BCUT2D eigenvalue weighted by Crippen LogP contribution is 2.12. The average Bonchev–Trinajstić information content (AvgIpc) is 2.20. The van der Waals surface area contributed by atoms with Crippen LogP contribution in [0.1, 0.15) is 58.8 Å². The molecular formula is C13H25N. The van der Waals surface area contributed by atoms with Crippen LogP contribution in [0.15, 0.2) is 12.2 Å². The Bertz CT molecular complexity index is 163. The Labute approximate surface area is 89.0 Å². The minimum atomic E-state index is 0.653. The molecule has 0 bridgehead atoms. The Hall–Kier alpha value is -0.300. The van der Waals surface area contributed by atoms with E-state index in [4.69, 9.17) is 0 Å². The fourth-order valence-electron chi connectivity index (χ4n) is 2.10. The smallest absolute Gasteiger partial charge is 0.0252 e. The van der Waals surface area contributed by atoms with Gasteiger partial charge in [0, 0.05) is 12.1 Å². The van der Waals surface area contributed by atoms with Crippen molar-refractivity contribution in [1.29, 1.82) is 0 Å². The normalized spacial score (nSPS) is 23.7. The van der Waals surface area contributed by atoms with Gasteiger partial charge in [-0.3, -0.25) is 0 Å². The standard InChI is InChI=1S/C13H25N/c1-3-4-6-9-12(2)14-13-10-7-5-8-11-13/h7,10,12-14H,3-6,8-9,11H2,1-2H3. The molecule has 0 spiro atoms. The molecule has 0 heterocycles. The molecule has 0 radical (unpaired) electrons. The second-order valence-electron chi connectivity index (χ2n) is 4.53. The van der Waals surface area contributed by atoms with Crippen molar-refractivity contribution in [2.24, 2.45) is 0 Å². The fraction of sp³-hybridized carbons (Fsp3) is 0.846. The maximum absolute atomic E-state index is 3.69. The van der Waals surface area contributed by atoms with E-state index in [1.165, 1.54) is 44.9 Å². The van der Waals surface area contributed by atoms with Gasteiger partial charge in [-0.05, 0) is 32.6 Å². The molecule has 0 fully saturated rings. The maximum atomic E-state index is 3.69. The molecule has 0 saturated carbocycles. The molecule has 0 aromatic carbocycles. The summed E-state index contributed by atoms with van der Waals surface area (Å²) in [5, 5.41) is 3.69. The maximum Gasteiger partial charge on any atom is 0.0252 e. The van der Waals surface area contributed by atoms with E-state index in [-0.39, 0.29) is 0 Å². The number of nitrogens with one attached hydrogen (secondary N) is 1. The van der Waals surface area contributed by atoms with E-state index in [0.717, 1.165) is 0 Å². The molecule has 0 aromatic heterocycles. The molecule has 0 amide bonds. The molecule has 0 aliphatic heterocycles. The van der Waals surface area contributed by atoms with Gasteiger partial charge in [0.25, 0.3) is 0 Å². The van der Waals surface area contributed by atoms with E-state index in [9.17, 15) is 0 Å². The van der Waals surface area contributed by atoms with Crippen LogP contribution in [0.25, 0.3) is 0 Å². The highest BCUT2D eigenvalue weighted by atomic mass is 14.9. The molecule has 1 nitrogen and oxygen atoms in total. The second kappa shape index (κ2) is 7.05. The fourth-order valence-corrected chi connectivity index (χ4v) is 2.10. The number of unbranched alkanes of at least 4 members (excludes halogenated alkanes) is 2. The number of hydrogen-bond acceptors (Lipinski definition) is 1. The molecule has 14 heavy (non-hydrogen) atoms. The van der Waals surface area contributed by atoms with Crippen molar-refractivity contribution in [3.05, 3.63) is 12.2 Å². The number of allylic oxidation sites excluding steroid dienone is 1. The van der Waals surface area contributed by atoms with Crippen LogP contribution >= 0.6 is 0 Å². The van der Waals surface area contributed by atoms with E-state index in [1.807, 2.05) is 0 Å². The second-order valence-corrected chi connectivity index (χ2v) is 4.53. The first-order valence-electron chi connectivity index (χ1n) is 6.25. The van der Waals surface area contributed by atoms with Gasteiger partial charge < -0.3 is 5.32 Å². The van der Waals surface area contributed by atoms with Crippen LogP contribution in [-0.2, 0) is 0 Å². The van der Waals surface area contributed by atoms with Crippen LogP contribution < -0.4 is 5.32 Å². The first-order valence-corrected chi connectivity index (χ1v) is 6.25. The van der Waals surface area contributed by atoms with Crippen molar-refractivity contribution in [2.45, 2.75) is 70.9 Å². The summed E-state index contributed by atoms with van der Waals surface area (Å²) in [5.41, 5.74) is 0. The predicted molar refractivity (Wildman–Crippen MR) is 63.5 cm³/mol. The summed E-state index contributed by atoms with van der Waals surface area (Å²) >= 11 is 0. The SMILES string of the molecule is CCCCCC(C)NC1C=CCCC1. The molecule has 0 aromatic rings. The molecule has 2 atom stereocenters. The van der Waals surface area contributed by atoms with Crippen LogP contribution in [0.3, 0.4) is 0 Å². The highest BCUT2D eigenvalue weighted by Gasteiger charge is 2.10. The van der Waals surface area contributed by atoms with Crippen LogP contribution in [0, 0.1) is 0 Å². The molecule has 0 saturated heterocycles. The lowest BCUT2D eigenvalue weighted by Crippen LogP contribution is -2.35. The molecule has 1 rings (SSSR count). The average molecular weight is 195 g/mol. The third kappa shape index (κ3) is 4.80. The minimum absolute atomic E-state index is 0.653. The lowest BCUT2D eigenvalue weighted by Gasteiger charge is -2.22. The van der Waals surface area contributed by atoms with Gasteiger partial charge in [-0.2, -0.15) is 0 Å². The summed E-state index contributed by atoms with van der Waals surface area (Å²) in [6.45, 7) is 4.58. The van der Waals surface area contributed by atoms with E-state index in [2.05, 4.69) is 31.3 Å². The van der Waals surface area contributed by atoms with Gasteiger partial charge >= 0.3 is 0 Å². The zero-order valence-corrected chi connectivity index (χ0v) is 9.76. The van der Waals surface area contributed by atoms with Gasteiger partial charge in [0.05, 0.1) is 0 Å². The van der Waals surface area contributed by atoms with Gasteiger partial charge in [0.2, 0.25) is 0 Å². The monoisotopic (exact) mass is 195 g/mol. The molecule has 82 valence electrons. The summed E-state index contributed by atoms with van der Waals surface area (Å²) in [5.74, 6) is 0. The largest absolute Gasteiger partial charge is 0.308 e. The van der Waals surface area contributed by atoms with E-state index in [0.29, 0.717) is 12.1 Å². The van der Waals surface area contributed by atoms with Crippen molar-refractivity contribution in [1.82, 2.24) is 5.32 Å². The van der Waals surface area contributed by atoms with Gasteiger partial charge in [0.1, 0.15) is 0 Å². The zero-order chi connectivity index (χ0) is 10.2. The van der Waals surface area contributed by atoms with Crippen molar-refractivity contribution in [3.8, 4) is 0 Å². The Morgan fingerprint density at radius 3 is 2.93 bits per heavy atom. The van der Waals surface area contributed by atoms with Crippen molar-refractivity contribution >= 4 is 0 Å². The van der Waals surface area contributed by atoms with Crippen LogP contribution in [0.2, 0.25) is 0 Å². The molecule has 1 aliphatic rings. The Morgan fingerprint density at radius 1 is 1.43 bits per heavy atom. The Kier molecular flexibility index (Phi) is 5.93. The van der Waals surface area contributed by atoms with E-state index >= 15 is 0 Å². The van der Waals surface area contributed by atoms with Gasteiger partial charge in [-0.15, -0.1) is 0 Å². The minimum Gasteiger partial charge on any atom is -0.308 e. The molecule has 1 aliphatic carbocycles. The lowest BCUT2D eigenvalue weighted by atomic mass is 10.0. The summed E-state index contributed by atoms with van der Waals surface area (Å²) in [4.78, 5) is 0. The van der Waals surface area contributed by atoms with Crippen molar-refractivity contribution in [2.75, 3.05) is 0 Å². The molecular weight excluding hydrogens is 170 g/mol. The Morgan fingerprint density at radius 2 is 2.29 bits per heavy atom. The van der Waals surface area contributed by atoms with Crippen LogP contribution in [0.5, 0.6) is 0 Å². The Balaban J connectivity index is 2.09. The molecule has 1 N–H and O–H groups in total. The third-order valence-corrected chi connectivity index (χ3v) is 2.99.